The summed E-state index contributed by atoms with van der Waals surface area (Å²) in [5, 5.41) is 22.9. The van der Waals surface area contributed by atoms with Crippen LogP contribution in [0.15, 0.2) is 18.2 Å². The van der Waals surface area contributed by atoms with Gasteiger partial charge in [-0.15, -0.1) is 0 Å². The zero-order chi connectivity index (χ0) is 14.7. The van der Waals surface area contributed by atoms with Crippen molar-refractivity contribution >= 4 is 11.6 Å². The number of phenols is 1. The predicted octanol–water partition coefficient (Wildman–Crippen LogP) is 1.60. The fraction of sp³-hybridized carbons (Fsp3) is 0.462. The summed E-state index contributed by atoms with van der Waals surface area (Å²) < 4.78 is 5.22. The van der Waals surface area contributed by atoms with E-state index in [1.165, 1.54) is 6.07 Å². The maximum absolute atomic E-state index is 12.0. The van der Waals surface area contributed by atoms with E-state index in [1.54, 1.807) is 7.11 Å². The summed E-state index contributed by atoms with van der Waals surface area (Å²) in [7, 11) is 1.64. The van der Waals surface area contributed by atoms with Crippen LogP contribution in [0.3, 0.4) is 0 Å². The highest BCUT2D eigenvalue weighted by molar-refractivity contribution is 5.95. The molecule has 7 heteroatoms. The lowest BCUT2D eigenvalue weighted by Gasteiger charge is -2.13. The number of hydrogen-bond acceptors (Lipinski definition) is 5. The highest BCUT2D eigenvalue weighted by atomic mass is 16.6. The molecule has 1 aromatic rings. The number of phenolic OH excluding ortho intramolecular Hbond substituents is 1. The van der Waals surface area contributed by atoms with Gasteiger partial charge in [-0.1, -0.05) is 0 Å². The van der Waals surface area contributed by atoms with Crippen LogP contribution in [0.25, 0.3) is 0 Å². The Hall–Kier alpha value is -2.15. The molecule has 0 spiro atoms. The van der Waals surface area contributed by atoms with Crippen molar-refractivity contribution in [3.05, 3.63) is 33.9 Å². The van der Waals surface area contributed by atoms with Gasteiger partial charge in [-0.25, -0.2) is 0 Å². The number of rotatable bonds is 4. The second-order valence-electron chi connectivity index (χ2n) is 4.80. The van der Waals surface area contributed by atoms with Crippen LogP contribution in [0.4, 0.5) is 5.69 Å². The van der Waals surface area contributed by atoms with E-state index in [4.69, 9.17) is 4.74 Å². The molecule has 2 N–H and O–H groups in total. The number of nitrogens with zero attached hydrogens (tertiary/aromatic N) is 1. The lowest BCUT2D eigenvalue weighted by atomic mass is 10.1. The minimum absolute atomic E-state index is 0.0322. The van der Waals surface area contributed by atoms with Crippen molar-refractivity contribution in [1.29, 1.82) is 0 Å². The monoisotopic (exact) mass is 280 g/mol. The molecule has 108 valence electrons. The van der Waals surface area contributed by atoms with Gasteiger partial charge in [0.2, 0.25) is 0 Å². The summed E-state index contributed by atoms with van der Waals surface area (Å²) in [6, 6.07) is 3.59. The molecule has 1 aromatic carbocycles. The van der Waals surface area contributed by atoms with Crippen molar-refractivity contribution in [3.63, 3.8) is 0 Å². The van der Waals surface area contributed by atoms with E-state index < -0.39 is 16.4 Å². The van der Waals surface area contributed by atoms with Crippen LogP contribution < -0.4 is 5.32 Å². The first kappa shape index (κ1) is 14.3. The average molecular weight is 280 g/mol. The minimum atomic E-state index is -0.697. The van der Waals surface area contributed by atoms with Crippen LogP contribution in [0.1, 0.15) is 29.6 Å². The molecule has 0 radical (unpaired) electrons. The van der Waals surface area contributed by atoms with E-state index in [9.17, 15) is 20.0 Å². The molecule has 1 amide bonds. The van der Waals surface area contributed by atoms with Crippen LogP contribution in [0, 0.1) is 10.1 Å². The van der Waals surface area contributed by atoms with Crippen molar-refractivity contribution in [3.8, 4) is 5.75 Å². The summed E-state index contributed by atoms with van der Waals surface area (Å²) in [6.07, 6.45) is 2.64. The molecule has 0 bridgehead atoms. The van der Waals surface area contributed by atoms with Gasteiger partial charge in [0.25, 0.3) is 5.91 Å². The zero-order valence-corrected chi connectivity index (χ0v) is 11.0. The van der Waals surface area contributed by atoms with Gasteiger partial charge in [-0.05, 0) is 31.4 Å². The number of nitro benzene ring substituents is 1. The molecule has 7 nitrogen and oxygen atoms in total. The SMILES string of the molecule is COC1CCC(NC(=O)c2ccc([N+](=O)[O-])c(O)c2)C1. The van der Waals surface area contributed by atoms with E-state index in [2.05, 4.69) is 5.32 Å². The standard InChI is InChI=1S/C13H16N2O5/c1-20-10-4-3-9(7-10)14-13(17)8-2-5-11(15(18)19)12(16)6-8/h2,5-6,9-10,16H,3-4,7H2,1H3,(H,14,17). The smallest absolute Gasteiger partial charge is 0.310 e. The Morgan fingerprint density at radius 2 is 2.25 bits per heavy atom. The van der Waals surface area contributed by atoms with E-state index >= 15 is 0 Å². The molecule has 0 saturated heterocycles. The number of amides is 1. The topological polar surface area (TPSA) is 102 Å². The van der Waals surface area contributed by atoms with Gasteiger partial charge >= 0.3 is 5.69 Å². The maximum atomic E-state index is 12.0. The number of methoxy groups -OCH3 is 1. The number of benzene rings is 1. The number of carbonyl (C=O) groups excluding carboxylic acids is 1. The molecule has 0 heterocycles. The molecule has 1 saturated carbocycles. The normalized spacial score (nSPS) is 21.6. The fourth-order valence-corrected chi connectivity index (χ4v) is 2.37. The first-order valence-corrected chi connectivity index (χ1v) is 6.32. The van der Waals surface area contributed by atoms with E-state index in [0.29, 0.717) is 0 Å². The molecule has 2 unspecified atom stereocenters. The number of nitrogens with one attached hydrogen (secondary N) is 1. The largest absolute Gasteiger partial charge is 0.502 e. The summed E-state index contributed by atoms with van der Waals surface area (Å²) >= 11 is 0. The maximum Gasteiger partial charge on any atom is 0.310 e. The van der Waals surface area contributed by atoms with Gasteiger partial charge in [0.15, 0.2) is 5.75 Å². The Labute approximate surface area is 115 Å². The van der Waals surface area contributed by atoms with Crippen molar-refractivity contribution in [2.75, 3.05) is 7.11 Å². The van der Waals surface area contributed by atoms with Crippen molar-refractivity contribution < 1.29 is 19.6 Å². The summed E-state index contributed by atoms with van der Waals surface area (Å²) in [5.74, 6) is -0.860. The first-order valence-electron chi connectivity index (χ1n) is 6.32. The Balaban J connectivity index is 2.03. The molecule has 1 aliphatic rings. The average Bonchev–Trinajstić information content (AvgIpc) is 2.85. The molecule has 1 aliphatic carbocycles. The third-order valence-corrected chi connectivity index (χ3v) is 3.49. The Morgan fingerprint density at radius 3 is 2.80 bits per heavy atom. The Morgan fingerprint density at radius 1 is 1.50 bits per heavy atom. The number of carbonyl (C=O) groups is 1. The number of nitro groups is 1. The number of ether oxygens (including phenoxy) is 1. The van der Waals surface area contributed by atoms with Gasteiger partial charge in [0, 0.05) is 24.8 Å². The number of aromatic hydroxyl groups is 1. The van der Waals surface area contributed by atoms with Gasteiger partial charge in [0.05, 0.1) is 11.0 Å². The van der Waals surface area contributed by atoms with E-state index in [1.807, 2.05) is 0 Å². The molecule has 2 rings (SSSR count). The van der Waals surface area contributed by atoms with Crippen LogP contribution >= 0.6 is 0 Å². The Kier molecular flexibility index (Phi) is 4.19. The van der Waals surface area contributed by atoms with Crippen LogP contribution in [-0.2, 0) is 4.74 Å². The molecule has 0 aromatic heterocycles. The van der Waals surface area contributed by atoms with Gasteiger partial charge in [0.1, 0.15) is 0 Å². The van der Waals surface area contributed by atoms with Gasteiger partial charge < -0.3 is 15.2 Å². The first-order chi connectivity index (χ1) is 9.51. The van der Waals surface area contributed by atoms with Crippen LogP contribution in [0.5, 0.6) is 5.75 Å². The summed E-state index contributed by atoms with van der Waals surface area (Å²) in [6.45, 7) is 0. The quantitative estimate of drug-likeness (QED) is 0.644. The van der Waals surface area contributed by atoms with Crippen molar-refractivity contribution in [2.24, 2.45) is 0 Å². The molecule has 2 atom stereocenters. The van der Waals surface area contributed by atoms with E-state index in [0.717, 1.165) is 31.4 Å². The minimum Gasteiger partial charge on any atom is -0.502 e. The third kappa shape index (κ3) is 3.05. The molecular formula is C13H16N2O5. The lowest BCUT2D eigenvalue weighted by molar-refractivity contribution is -0.385. The fourth-order valence-electron chi connectivity index (χ4n) is 2.37. The Bertz CT molecular complexity index is 531. The predicted molar refractivity (Wildman–Crippen MR) is 70.7 cm³/mol. The molecule has 20 heavy (non-hydrogen) atoms. The van der Waals surface area contributed by atoms with Crippen LogP contribution in [-0.4, -0.2) is 35.2 Å². The summed E-state index contributed by atoms with van der Waals surface area (Å²) in [5.41, 5.74) is -0.212. The number of hydrogen-bond donors (Lipinski definition) is 2. The van der Waals surface area contributed by atoms with Crippen molar-refractivity contribution in [1.82, 2.24) is 5.32 Å². The van der Waals surface area contributed by atoms with Crippen molar-refractivity contribution in [2.45, 2.75) is 31.4 Å². The third-order valence-electron chi connectivity index (χ3n) is 3.49. The zero-order valence-electron chi connectivity index (χ0n) is 11.0. The second-order valence-corrected chi connectivity index (χ2v) is 4.80. The molecule has 1 fully saturated rings. The lowest BCUT2D eigenvalue weighted by Crippen LogP contribution is -2.33. The van der Waals surface area contributed by atoms with Gasteiger partial charge in [-0.2, -0.15) is 0 Å². The second kappa shape index (κ2) is 5.87. The molecule has 0 aliphatic heterocycles. The highest BCUT2D eigenvalue weighted by Gasteiger charge is 2.26. The van der Waals surface area contributed by atoms with E-state index in [-0.39, 0.29) is 23.6 Å². The van der Waals surface area contributed by atoms with Crippen LogP contribution in [0.2, 0.25) is 0 Å². The molecular weight excluding hydrogens is 264 g/mol. The van der Waals surface area contributed by atoms with Gasteiger partial charge in [-0.3, -0.25) is 14.9 Å². The highest BCUT2D eigenvalue weighted by Crippen LogP contribution is 2.27. The summed E-state index contributed by atoms with van der Waals surface area (Å²) in [4.78, 5) is 21.9.